The van der Waals surface area contributed by atoms with Gasteiger partial charge in [0.2, 0.25) is 5.82 Å². The summed E-state index contributed by atoms with van der Waals surface area (Å²) in [5, 5.41) is 18.5. The molecular formula is C11H7ClFN3O2. The number of nitrogens with zero attached hydrogens (tertiary/aromatic N) is 3. The van der Waals surface area contributed by atoms with Crippen LogP contribution in [0.15, 0.2) is 24.4 Å². The molecule has 0 saturated carbocycles. The number of nitro benzene ring substituents is 1. The molecule has 0 aliphatic carbocycles. The lowest BCUT2D eigenvalue weighted by Crippen LogP contribution is -1.97. The molecule has 0 amide bonds. The van der Waals surface area contributed by atoms with Crippen LogP contribution in [-0.2, 0) is 0 Å². The molecule has 18 heavy (non-hydrogen) atoms. The molecule has 0 aliphatic heterocycles. The molecule has 1 heterocycles. The fraction of sp³-hybridized carbons (Fsp3) is 0.0909. The highest BCUT2D eigenvalue weighted by molar-refractivity contribution is 6.30. The highest BCUT2D eigenvalue weighted by Crippen LogP contribution is 2.29. The van der Waals surface area contributed by atoms with Crippen LogP contribution in [0.1, 0.15) is 5.56 Å². The van der Waals surface area contributed by atoms with E-state index in [4.69, 9.17) is 11.6 Å². The van der Waals surface area contributed by atoms with E-state index in [1.54, 1.807) is 6.92 Å². The lowest BCUT2D eigenvalue weighted by molar-refractivity contribution is -0.387. The predicted octanol–water partition coefficient (Wildman–Crippen LogP) is 3.15. The average Bonchev–Trinajstić information content (AvgIpc) is 2.28. The maximum absolute atomic E-state index is 13.4. The lowest BCUT2D eigenvalue weighted by Gasteiger charge is -2.05. The standard InChI is InChI=1S/C11H7ClFN3O2/c1-6-2-9(13)11(16(17)18)4-8(6)10-3-7(12)5-14-15-10/h2-5H,1H3. The Morgan fingerprint density at radius 1 is 1.39 bits per heavy atom. The van der Waals surface area contributed by atoms with Crippen LogP contribution < -0.4 is 0 Å². The average molecular weight is 268 g/mol. The molecule has 0 fully saturated rings. The molecule has 0 saturated heterocycles. The van der Waals surface area contributed by atoms with Crippen LogP contribution in [0.2, 0.25) is 5.02 Å². The maximum Gasteiger partial charge on any atom is 0.305 e. The first kappa shape index (κ1) is 12.4. The van der Waals surface area contributed by atoms with Crippen LogP contribution in [0.4, 0.5) is 10.1 Å². The van der Waals surface area contributed by atoms with E-state index in [2.05, 4.69) is 10.2 Å². The van der Waals surface area contributed by atoms with Crippen LogP contribution in [0.3, 0.4) is 0 Å². The van der Waals surface area contributed by atoms with Crippen LogP contribution in [-0.4, -0.2) is 15.1 Å². The summed E-state index contributed by atoms with van der Waals surface area (Å²) in [6.45, 7) is 1.63. The zero-order valence-electron chi connectivity index (χ0n) is 9.22. The summed E-state index contributed by atoms with van der Waals surface area (Å²) in [7, 11) is 0. The fourth-order valence-electron chi connectivity index (χ4n) is 1.55. The molecule has 0 bridgehead atoms. The molecular weight excluding hydrogens is 261 g/mol. The minimum atomic E-state index is -0.878. The van der Waals surface area contributed by atoms with E-state index in [0.717, 1.165) is 12.1 Å². The van der Waals surface area contributed by atoms with E-state index < -0.39 is 16.4 Å². The van der Waals surface area contributed by atoms with Gasteiger partial charge in [0, 0.05) is 11.6 Å². The molecule has 2 rings (SSSR count). The largest absolute Gasteiger partial charge is 0.305 e. The summed E-state index contributed by atoms with van der Waals surface area (Å²) in [5.41, 5.74) is 0.716. The molecule has 0 atom stereocenters. The van der Waals surface area contributed by atoms with E-state index in [1.165, 1.54) is 12.3 Å². The van der Waals surface area contributed by atoms with Crippen molar-refractivity contribution in [2.45, 2.75) is 6.92 Å². The second-order valence-electron chi connectivity index (χ2n) is 3.63. The Bertz CT molecular complexity index is 634. The van der Waals surface area contributed by atoms with Gasteiger partial charge >= 0.3 is 5.69 Å². The molecule has 2 aromatic rings. The molecule has 7 heteroatoms. The van der Waals surface area contributed by atoms with E-state index in [9.17, 15) is 14.5 Å². The molecule has 92 valence electrons. The SMILES string of the molecule is Cc1cc(F)c([N+](=O)[O-])cc1-c1cc(Cl)cnn1. The second-order valence-corrected chi connectivity index (χ2v) is 4.07. The molecule has 5 nitrogen and oxygen atoms in total. The Balaban J connectivity index is 2.64. The minimum absolute atomic E-state index is 0.353. The third-order valence-electron chi connectivity index (χ3n) is 2.39. The van der Waals surface area contributed by atoms with Crippen molar-refractivity contribution in [3.8, 4) is 11.3 Å². The van der Waals surface area contributed by atoms with Crippen LogP contribution >= 0.6 is 11.6 Å². The Morgan fingerprint density at radius 3 is 2.72 bits per heavy atom. The Hall–Kier alpha value is -2.08. The summed E-state index contributed by atoms with van der Waals surface area (Å²) in [6.07, 6.45) is 1.35. The van der Waals surface area contributed by atoms with Crippen molar-refractivity contribution in [3.05, 3.63) is 50.9 Å². The summed E-state index contributed by atoms with van der Waals surface area (Å²) in [6, 6.07) is 3.74. The Morgan fingerprint density at radius 2 is 2.11 bits per heavy atom. The molecule has 0 spiro atoms. The highest BCUT2D eigenvalue weighted by Gasteiger charge is 2.18. The van der Waals surface area contributed by atoms with Crippen molar-refractivity contribution in [1.82, 2.24) is 10.2 Å². The highest BCUT2D eigenvalue weighted by atomic mass is 35.5. The van der Waals surface area contributed by atoms with Crippen molar-refractivity contribution in [2.24, 2.45) is 0 Å². The second kappa shape index (κ2) is 4.66. The monoisotopic (exact) mass is 267 g/mol. The van der Waals surface area contributed by atoms with E-state index >= 15 is 0 Å². The van der Waals surface area contributed by atoms with E-state index in [0.29, 0.717) is 21.8 Å². The van der Waals surface area contributed by atoms with Gasteiger partial charge < -0.3 is 0 Å². The smallest absolute Gasteiger partial charge is 0.258 e. The van der Waals surface area contributed by atoms with Crippen molar-refractivity contribution in [1.29, 1.82) is 0 Å². The predicted molar refractivity (Wildman–Crippen MR) is 63.8 cm³/mol. The number of benzene rings is 1. The lowest BCUT2D eigenvalue weighted by atomic mass is 10.0. The number of hydrogen-bond donors (Lipinski definition) is 0. The molecule has 0 N–H and O–H groups in total. The van der Waals surface area contributed by atoms with Crippen molar-refractivity contribution >= 4 is 17.3 Å². The number of halogens is 2. The topological polar surface area (TPSA) is 68.9 Å². The number of aryl methyl sites for hydroxylation is 1. The van der Waals surface area contributed by atoms with Gasteiger partial charge in [-0.15, -0.1) is 0 Å². The van der Waals surface area contributed by atoms with Crippen molar-refractivity contribution < 1.29 is 9.31 Å². The fourth-order valence-corrected chi connectivity index (χ4v) is 1.70. The van der Waals surface area contributed by atoms with Gasteiger partial charge in [-0.25, -0.2) is 0 Å². The summed E-state index contributed by atoms with van der Waals surface area (Å²) in [4.78, 5) is 9.91. The van der Waals surface area contributed by atoms with Crippen LogP contribution in [0.5, 0.6) is 0 Å². The summed E-state index contributed by atoms with van der Waals surface area (Å²) < 4.78 is 13.4. The van der Waals surface area contributed by atoms with Crippen LogP contribution in [0, 0.1) is 22.9 Å². The normalized spacial score (nSPS) is 10.4. The van der Waals surface area contributed by atoms with Gasteiger partial charge in [0.15, 0.2) is 0 Å². The molecule has 0 aliphatic rings. The number of hydrogen-bond acceptors (Lipinski definition) is 4. The number of nitro groups is 1. The molecule has 1 aromatic carbocycles. The molecule has 0 unspecified atom stereocenters. The van der Waals surface area contributed by atoms with E-state index in [-0.39, 0.29) is 0 Å². The number of rotatable bonds is 2. The molecule has 0 radical (unpaired) electrons. The zero-order chi connectivity index (χ0) is 13.3. The summed E-state index contributed by atoms with van der Waals surface area (Å²) in [5.74, 6) is -0.878. The molecule has 1 aromatic heterocycles. The van der Waals surface area contributed by atoms with Crippen molar-refractivity contribution in [2.75, 3.05) is 0 Å². The van der Waals surface area contributed by atoms with Gasteiger partial charge in [-0.3, -0.25) is 10.1 Å². The third-order valence-corrected chi connectivity index (χ3v) is 2.59. The van der Waals surface area contributed by atoms with Gasteiger partial charge in [-0.05, 0) is 24.6 Å². The van der Waals surface area contributed by atoms with Gasteiger partial charge in [-0.1, -0.05) is 11.6 Å². The van der Waals surface area contributed by atoms with Gasteiger partial charge in [0.25, 0.3) is 0 Å². The maximum atomic E-state index is 13.4. The first-order valence-corrected chi connectivity index (χ1v) is 5.30. The Labute approximate surface area is 106 Å². The van der Waals surface area contributed by atoms with E-state index in [1.807, 2.05) is 0 Å². The van der Waals surface area contributed by atoms with Crippen molar-refractivity contribution in [3.63, 3.8) is 0 Å². The number of aromatic nitrogens is 2. The first-order valence-electron chi connectivity index (χ1n) is 4.92. The third kappa shape index (κ3) is 2.28. The zero-order valence-corrected chi connectivity index (χ0v) is 9.98. The Kier molecular flexibility index (Phi) is 3.20. The van der Waals surface area contributed by atoms with Gasteiger partial charge in [-0.2, -0.15) is 14.6 Å². The van der Waals surface area contributed by atoms with Gasteiger partial charge in [0.05, 0.1) is 21.8 Å². The van der Waals surface area contributed by atoms with Crippen LogP contribution in [0.25, 0.3) is 11.3 Å². The minimum Gasteiger partial charge on any atom is -0.258 e. The quantitative estimate of drug-likeness (QED) is 0.619. The summed E-state index contributed by atoms with van der Waals surface area (Å²) >= 11 is 5.77. The first-order chi connectivity index (χ1) is 8.49. The van der Waals surface area contributed by atoms with Gasteiger partial charge in [0.1, 0.15) is 0 Å².